The molecule has 5 nitrogen and oxygen atoms in total. The third-order valence-electron chi connectivity index (χ3n) is 7.25. The van der Waals surface area contributed by atoms with Crippen LogP contribution >= 0.6 is 0 Å². The molecule has 2 atom stereocenters. The van der Waals surface area contributed by atoms with Crippen molar-refractivity contribution in [2.45, 2.75) is 63.8 Å². The summed E-state index contributed by atoms with van der Waals surface area (Å²) >= 11 is 0. The van der Waals surface area contributed by atoms with Crippen molar-refractivity contribution in [1.82, 2.24) is 14.8 Å². The van der Waals surface area contributed by atoms with Gasteiger partial charge in [0.2, 0.25) is 5.91 Å². The zero-order chi connectivity index (χ0) is 18.6. The van der Waals surface area contributed by atoms with E-state index in [4.69, 9.17) is 0 Å². The van der Waals surface area contributed by atoms with Gasteiger partial charge >= 0.3 is 0 Å². The molecule has 6 rings (SSSR count). The van der Waals surface area contributed by atoms with Crippen LogP contribution in [0.25, 0.3) is 0 Å². The third kappa shape index (κ3) is 2.70. The summed E-state index contributed by atoms with van der Waals surface area (Å²) < 4.78 is 2.06. The molecule has 4 aliphatic rings. The van der Waals surface area contributed by atoms with Crippen molar-refractivity contribution < 1.29 is 4.79 Å². The number of anilines is 1. The predicted octanol–water partition coefficient (Wildman–Crippen LogP) is 4.34. The van der Waals surface area contributed by atoms with Crippen molar-refractivity contribution >= 4 is 11.6 Å². The summed E-state index contributed by atoms with van der Waals surface area (Å²) in [5.74, 6) is 1.97. The summed E-state index contributed by atoms with van der Waals surface area (Å²) in [6.07, 6.45) is 9.98. The second-order valence-corrected chi connectivity index (χ2v) is 9.54. The standard InChI is InChI=1S/C22H28N4O/c1-15(2)18-3-5-19(6-4-18)25-20(27)21-8-16-7-17(9-21)11-22(10-16,12-21)26-14-23-13-24-26/h3-6,13-17H,7-12H2,1-2H3,(H,25,27)/t16-,17-,21?,22?/m0/s1. The Labute approximate surface area is 160 Å². The summed E-state index contributed by atoms with van der Waals surface area (Å²) in [7, 11) is 0. The van der Waals surface area contributed by atoms with Gasteiger partial charge in [0.1, 0.15) is 12.7 Å². The molecule has 1 aromatic heterocycles. The van der Waals surface area contributed by atoms with E-state index in [1.165, 1.54) is 12.0 Å². The fraction of sp³-hybridized carbons (Fsp3) is 0.591. The van der Waals surface area contributed by atoms with Crippen LogP contribution in [0.4, 0.5) is 5.69 Å². The Morgan fingerprint density at radius 3 is 2.44 bits per heavy atom. The predicted molar refractivity (Wildman–Crippen MR) is 104 cm³/mol. The van der Waals surface area contributed by atoms with E-state index in [0.717, 1.165) is 37.8 Å². The summed E-state index contributed by atoms with van der Waals surface area (Å²) in [6.45, 7) is 4.37. The molecule has 0 aliphatic heterocycles. The van der Waals surface area contributed by atoms with E-state index in [0.29, 0.717) is 17.8 Å². The number of hydrogen-bond donors (Lipinski definition) is 1. The van der Waals surface area contributed by atoms with Gasteiger partial charge in [0.25, 0.3) is 0 Å². The van der Waals surface area contributed by atoms with Crippen LogP contribution in [0.1, 0.15) is 63.9 Å². The number of nitrogens with one attached hydrogen (secondary N) is 1. The fourth-order valence-electron chi connectivity index (χ4n) is 6.42. The highest BCUT2D eigenvalue weighted by Gasteiger charge is 2.61. The largest absolute Gasteiger partial charge is 0.326 e. The van der Waals surface area contributed by atoms with Crippen LogP contribution in [-0.4, -0.2) is 20.7 Å². The summed E-state index contributed by atoms with van der Waals surface area (Å²) in [4.78, 5) is 17.6. The minimum atomic E-state index is -0.257. The highest BCUT2D eigenvalue weighted by atomic mass is 16.2. The van der Waals surface area contributed by atoms with Crippen LogP contribution in [0.5, 0.6) is 0 Å². The second-order valence-electron chi connectivity index (χ2n) is 9.54. The van der Waals surface area contributed by atoms with E-state index in [9.17, 15) is 4.79 Å². The number of rotatable bonds is 4. The number of nitrogens with zero attached hydrogens (tertiary/aromatic N) is 3. The number of carbonyl (C=O) groups is 1. The van der Waals surface area contributed by atoms with Gasteiger partial charge in [-0.15, -0.1) is 0 Å². The van der Waals surface area contributed by atoms with Crippen molar-refractivity contribution in [3.63, 3.8) is 0 Å². The fourth-order valence-corrected chi connectivity index (χ4v) is 6.42. The lowest BCUT2D eigenvalue weighted by atomic mass is 9.46. The summed E-state index contributed by atoms with van der Waals surface area (Å²) in [6, 6.07) is 8.33. The normalized spacial score (nSPS) is 34.2. The molecule has 2 aromatic rings. The van der Waals surface area contributed by atoms with E-state index in [-0.39, 0.29) is 16.9 Å². The van der Waals surface area contributed by atoms with Gasteiger partial charge in [-0.2, -0.15) is 5.10 Å². The van der Waals surface area contributed by atoms with E-state index < -0.39 is 0 Å². The van der Waals surface area contributed by atoms with Crippen molar-refractivity contribution in [2.24, 2.45) is 17.3 Å². The van der Waals surface area contributed by atoms with Crippen molar-refractivity contribution in [3.05, 3.63) is 42.5 Å². The molecule has 4 bridgehead atoms. The minimum Gasteiger partial charge on any atom is -0.326 e. The molecule has 1 aromatic carbocycles. The second kappa shape index (κ2) is 5.91. The lowest BCUT2D eigenvalue weighted by Crippen LogP contribution is -2.60. The van der Waals surface area contributed by atoms with Crippen LogP contribution < -0.4 is 5.32 Å². The zero-order valence-electron chi connectivity index (χ0n) is 16.2. The summed E-state index contributed by atoms with van der Waals surface area (Å²) in [5, 5.41) is 7.72. The highest BCUT2D eigenvalue weighted by molar-refractivity contribution is 5.95. The van der Waals surface area contributed by atoms with Crippen LogP contribution in [0.3, 0.4) is 0 Å². The number of benzene rings is 1. The molecule has 1 heterocycles. The Kier molecular flexibility index (Phi) is 3.72. The Balaban J connectivity index is 1.41. The van der Waals surface area contributed by atoms with E-state index >= 15 is 0 Å². The van der Waals surface area contributed by atoms with Gasteiger partial charge in [0.15, 0.2) is 0 Å². The van der Waals surface area contributed by atoms with Crippen LogP contribution in [-0.2, 0) is 10.3 Å². The van der Waals surface area contributed by atoms with Crippen molar-refractivity contribution in [1.29, 1.82) is 0 Å². The molecular formula is C22H28N4O. The topological polar surface area (TPSA) is 59.8 Å². The maximum Gasteiger partial charge on any atom is 0.230 e. The summed E-state index contributed by atoms with van der Waals surface area (Å²) in [5.41, 5.74) is 1.94. The van der Waals surface area contributed by atoms with Gasteiger partial charge in [-0.05, 0) is 74.0 Å². The first-order valence-corrected chi connectivity index (χ1v) is 10.2. The molecular weight excluding hydrogens is 336 g/mol. The zero-order valence-corrected chi connectivity index (χ0v) is 16.2. The third-order valence-corrected chi connectivity index (χ3v) is 7.25. The Hall–Kier alpha value is -2.17. The maximum absolute atomic E-state index is 13.4. The molecule has 4 saturated carbocycles. The van der Waals surface area contributed by atoms with E-state index in [1.807, 2.05) is 18.5 Å². The molecule has 4 aliphatic carbocycles. The van der Waals surface area contributed by atoms with Gasteiger partial charge in [0.05, 0.1) is 11.0 Å². The van der Waals surface area contributed by atoms with Crippen molar-refractivity contribution in [2.75, 3.05) is 5.32 Å². The smallest absolute Gasteiger partial charge is 0.230 e. The number of aromatic nitrogens is 3. The highest BCUT2D eigenvalue weighted by Crippen LogP contribution is 2.64. The average molecular weight is 364 g/mol. The molecule has 142 valence electrons. The SMILES string of the molecule is CC(C)c1ccc(NC(=O)C23C[C@@H]4C[C@@H](C2)CC(n2cncn2)(C4)C3)cc1. The molecule has 0 saturated heterocycles. The van der Waals surface area contributed by atoms with Crippen LogP contribution in [0, 0.1) is 17.3 Å². The number of carbonyl (C=O) groups excluding carboxylic acids is 1. The molecule has 0 unspecified atom stereocenters. The van der Waals surface area contributed by atoms with Crippen LogP contribution in [0.15, 0.2) is 36.9 Å². The lowest BCUT2D eigenvalue weighted by molar-refractivity contribution is -0.150. The lowest BCUT2D eigenvalue weighted by Gasteiger charge is -2.60. The molecule has 5 heteroatoms. The molecule has 4 fully saturated rings. The van der Waals surface area contributed by atoms with Gasteiger partial charge in [0, 0.05) is 5.69 Å². The first-order chi connectivity index (χ1) is 13.0. The molecule has 0 radical (unpaired) electrons. The Bertz CT molecular complexity index is 826. The first kappa shape index (κ1) is 17.0. The van der Waals surface area contributed by atoms with E-state index in [1.54, 1.807) is 6.33 Å². The maximum atomic E-state index is 13.4. The first-order valence-electron chi connectivity index (χ1n) is 10.2. The van der Waals surface area contributed by atoms with Gasteiger partial charge in [-0.1, -0.05) is 26.0 Å². The molecule has 27 heavy (non-hydrogen) atoms. The molecule has 0 spiro atoms. The number of hydrogen-bond acceptors (Lipinski definition) is 3. The van der Waals surface area contributed by atoms with Crippen LogP contribution in [0.2, 0.25) is 0 Å². The van der Waals surface area contributed by atoms with Gasteiger partial charge in [-0.25, -0.2) is 9.67 Å². The Morgan fingerprint density at radius 1 is 1.15 bits per heavy atom. The minimum absolute atomic E-state index is 0.0145. The van der Waals surface area contributed by atoms with E-state index in [2.05, 4.69) is 46.1 Å². The van der Waals surface area contributed by atoms with Gasteiger partial charge in [-0.3, -0.25) is 4.79 Å². The Morgan fingerprint density at radius 2 is 1.85 bits per heavy atom. The van der Waals surface area contributed by atoms with Gasteiger partial charge < -0.3 is 5.32 Å². The quantitative estimate of drug-likeness (QED) is 0.878. The number of amides is 1. The average Bonchev–Trinajstić information content (AvgIpc) is 3.16. The molecule has 1 N–H and O–H groups in total. The molecule has 1 amide bonds. The van der Waals surface area contributed by atoms with Crippen molar-refractivity contribution in [3.8, 4) is 0 Å². The monoisotopic (exact) mass is 364 g/mol.